The van der Waals surface area contributed by atoms with E-state index in [-0.39, 0.29) is 23.7 Å². The van der Waals surface area contributed by atoms with Gasteiger partial charge in [0.2, 0.25) is 11.8 Å². The lowest BCUT2D eigenvalue weighted by Crippen LogP contribution is -2.31. The van der Waals surface area contributed by atoms with E-state index in [9.17, 15) is 9.59 Å². The van der Waals surface area contributed by atoms with Gasteiger partial charge in [-0.05, 0) is 51.2 Å². The number of rotatable bonds is 8. The van der Waals surface area contributed by atoms with Crippen molar-refractivity contribution in [2.75, 3.05) is 27.2 Å². The maximum absolute atomic E-state index is 12.1. The Morgan fingerprint density at radius 1 is 1.13 bits per heavy atom. The van der Waals surface area contributed by atoms with Crippen molar-refractivity contribution in [3.63, 3.8) is 0 Å². The SMILES string of the molecule is CN(C)CCCNC(=O)C1CC1C(=O)NCc1ccc(Cl)cc1. The van der Waals surface area contributed by atoms with Crippen LogP contribution in [0.4, 0.5) is 0 Å². The van der Waals surface area contributed by atoms with Crippen LogP contribution < -0.4 is 10.6 Å². The van der Waals surface area contributed by atoms with Gasteiger partial charge < -0.3 is 15.5 Å². The monoisotopic (exact) mass is 337 g/mol. The predicted octanol–water partition coefficient (Wildman–Crippen LogP) is 1.66. The summed E-state index contributed by atoms with van der Waals surface area (Å²) in [5.74, 6) is -0.403. The average molecular weight is 338 g/mol. The third-order valence-corrected chi connectivity index (χ3v) is 4.18. The second-order valence-electron chi connectivity index (χ2n) is 6.24. The molecule has 0 aliphatic heterocycles. The van der Waals surface area contributed by atoms with E-state index in [1.807, 2.05) is 26.2 Å². The quantitative estimate of drug-likeness (QED) is 0.709. The zero-order valence-corrected chi connectivity index (χ0v) is 14.4. The molecular weight excluding hydrogens is 314 g/mol. The molecule has 1 aromatic carbocycles. The summed E-state index contributed by atoms with van der Waals surface area (Å²) >= 11 is 5.82. The normalized spacial score (nSPS) is 19.5. The average Bonchev–Trinajstić information content (AvgIpc) is 3.31. The van der Waals surface area contributed by atoms with Gasteiger partial charge in [-0.2, -0.15) is 0 Å². The van der Waals surface area contributed by atoms with Crippen LogP contribution >= 0.6 is 11.6 Å². The van der Waals surface area contributed by atoms with Crippen LogP contribution in [0, 0.1) is 11.8 Å². The van der Waals surface area contributed by atoms with Crippen molar-refractivity contribution < 1.29 is 9.59 Å². The number of carbonyl (C=O) groups excluding carboxylic acids is 2. The highest BCUT2D eigenvalue weighted by molar-refractivity contribution is 6.30. The van der Waals surface area contributed by atoms with E-state index in [1.165, 1.54) is 0 Å². The minimum absolute atomic E-state index is 0.00426. The zero-order valence-electron chi connectivity index (χ0n) is 13.6. The van der Waals surface area contributed by atoms with E-state index in [4.69, 9.17) is 11.6 Å². The first-order chi connectivity index (χ1) is 11.0. The van der Waals surface area contributed by atoms with Crippen molar-refractivity contribution in [1.29, 1.82) is 0 Å². The van der Waals surface area contributed by atoms with Gasteiger partial charge in [-0.1, -0.05) is 23.7 Å². The first-order valence-corrected chi connectivity index (χ1v) is 8.30. The summed E-state index contributed by atoms with van der Waals surface area (Å²) in [6.45, 7) is 2.06. The molecule has 2 N–H and O–H groups in total. The topological polar surface area (TPSA) is 61.4 Å². The largest absolute Gasteiger partial charge is 0.356 e. The van der Waals surface area contributed by atoms with Gasteiger partial charge >= 0.3 is 0 Å². The molecule has 0 spiro atoms. The Hall–Kier alpha value is -1.59. The van der Waals surface area contributed by atoms with Gasteiger partial charge in [0.25, 0.3) is 0 Å². The van der Waals surface area contributed by atoms with E-state index in [0.29, 0.717) is 24.5 Å². The molecule has 0 saturated heterocycles. The van der Waals surface area contributed by atoms with Crippen LogP contribution in [0.25, 0.3) is 0 Å². The number of nitrogens with one attached hydrogen (secondary N) is 2. The summed E-state index contributed by atoms with van der Waals surface area (Å²) in [6.07, 6.45) is 1.56. The maximum Gasteiger partial charge on any atom is 0.224 e. The van der Waals surface area contributed by atoms with Crippen LogP contribution in [0.15, 0.2) is 24.3 Å². The summed E-state index contributed by atoms with van der Waals surface area (Å²) in [7, 11) is 4.01. The zero-order chi connectivity index (χ0) is 16.8. The summed E-state index contributed by atoms with van der Waals surface area (Å²) in [5, 5.41) is 6.46. The van der Waals surface area contributed by atoms with Crippen molar-refractivity contribution in [2.24, 2.45) is 11.8 Å². The number of hydrogen-bond donors (Lipinski definition) is 2. The van der Waals surface area contributed by atoms with E-state index in [1.54, 1.807) is 12.1 Å². The third kappa shape index (κ3) is 5.84. The van der Waals surface area contributed by atoms with Gasteiger partial charge in [-0.25, -0.2) is 0 Å². The Labute approximate surface area is 142 Å². The minimum atomic E-state index is -0.184. The number of benzene rings is 1. The molecule has 2 atom stereocenters. The molecule has 1 aromatic rings. The smallest absolute Gasteiger partial charge is 0.224 e. The van der Waals surface area contributed by atoms with Crippen molar-refractivity contribution in [3.8, 4) is 0 Å². The Bertz CT molecular complexity index is 545. The van der Waals surface area contributed by atoms with E-state index >= 15 is 0 Å². The van der Waals surface area contributed by atoms with Gasteiger partial charge in [-0.15, -0.1) is 0 Å². The summed E-state index contributed by atoms with van der Waals surface area (Å²) < 4.78 is 0. The Kier molecular flexibility index (Phi) is 6.42. The molecule has 1 aliphatic carbocycles. The number of hydrogen-bond acceptors (Lipinski definition) is 3. The highest BCUT2D eigenvalue weighted by atomic mass is 35.5. The number of halogens is 1. The van der Waals surface area contributed by atoms with Crippen molar-refractivity contribution in [1.82, 2.24) is 15.5 Å². The molecule has 1 saturated carbocycles. The third-order valence-electron chi connectivity index (χ3n) is 3.93. The summed E-state index contributed by atoms with van der Waals surface area (Å²) in [5.41, 5.74) is 0.994. The van der Waals surface area contributed by atoms with Crippen LogP contribution in [-0.2, 0) is 16.1 Å². The highest BCUT2D eigenvalue weighted by Gasteiger charge is 2.47. The first-order valence-electron chi connectivity index (χ1n) is 7.92. The molecule has 0 radical (unpaired) electrons. The molecule has 5 nitrogen and oxygen atoms in total. The molecule has 0 aromatic heterocycles. The first kappa shape index (κ1) is 17.8. The second kappa shape index (κ2) is 8.31. The fourth-order valence-corrected chi connectivity index (χ4v) is 2.56. The van der Waals surface area contributed by atoms with Crippen molar-refractivity contribution in [2.45, 2.75) is 19.4 Å². The van der Waals surface area contributed by atoms with Crippen molar-refractivity contribution in [3.05, 3.63) is 34.9 Å². The number of carbonyl (C=O) groups is 2. The Morgan fingerprint density at radius 2 is 1.74 bits per heavy atom. The minimum Gasteiger partial charge on any atom is -0.356 e. The molecule has 1 fully saturated rings. The van der Waals surface area contributed by atoms with Crippen LogP contribution in [0.1, 0.15) is 18.4 Å². The molecule has 6 heteroatoms. The van der Waals surface area contributed by atoms with E-state index < -0.39 is 0 Å². The Balaban J connectivity index is 1.65. The molecule has 1 aliphatic rings. The molecule has 23 heavy (non-hydrogen) atoms. The van der Waals surface area contributed by atoms with Crippen LogP contribution in [0.3, 0.4) is 0 Å². The molecule has 2 amide bonds. The fraction of sp³-hybridized carbons (Fsp3) is 0.529. The molecule has 0 bridgehead atoms. The van der Waals surface area contributed by atoms with Gasteiger partial charge in [0.15, 0.2) is 0 Å². The molecule has 2 unspecified atom stereocenters. The molecular formula is C17H24ClN3O2. The molecule has 126 valence electrons. The number of nitrogens with zero attached hydrogens (tertiary/aromatic N) is 1. The van der Waals surface area contributed by atoms with E-state index in [2.05, 4.69) is 15.5 Å². The number of amides is 2. The lowest BCUT2D eigenvalue weighted by Gasteiger charge is -2.10. The molecule has 0 heterocycles. The molecule has 2 rings (SSSR count). The lowest BCUT2D eigenvalue weighted by molar-refractivity contribution is -0.127. The van der Waals surface area contributed by atoms with Crippen LogP contribution in [-0.4, -0.2) is 43.9 Å². The van der Waals surface area contributed by atoms with Gasteiger partial charge in [-0.3, -0.25) is 9.59 Å². The van der Waals surface area contributed by atoms with Gasteiger partial charge in [0.1, 0.15) is 0 Å². The predicted molar refractivity (Wildman–Crippen MR) is 91.1 cm³/mol. The summed E-state index contributed by atoms with van der Waals surface area (Å²) in [6, 6.07) is 7.35. The van der Waals surface area contributed by atoms with E-state index in [0.717, 1.165) is 18.5 Å². The maximum atomic E-state index is 12.1. The van der Waals surface area contributed by atoms with Crippen molar-refractivity contribution >= 4 is 23.4 Å². The fourth-order valence-electron chi connectivity index (χ4n) is 2.44. The summed E-state index contributed by atoms with van der Waals surface area (Å²) in [4.78, 5) is 26.1. The Morgan fingerprint density at radius 3 is 2.35 bits per heavy atom. The van der Waals surface area contributed by atoms with Gasteiger partial charge in [0, 0.05) is 18.1 Å². The lowest BCUT2D eigenvalue weighted by atomic mass is 10.2. The van der Waals surface area contributed by atoms with Gasteiger partial charge in [0.05, 0.1) is 11.8 Å². The highest BCUT2D eigenvalue weighted by Crippen LogP contribution is 2.38. The second-order valence-corrected chi connectivity index (χ2v) is 6.68. The standard InChI is InChI=1S/C17H24ClN3O2/c1-21(2)9-3-8-19-16(22)14-10-15(14)17(23)20-11-12-4-6-13(18)7-5-12/h4-7,14-15H,3,8-11H2,1-2H3,(H,19,22)(H,20,23). The van der Waals surface area contributed by atoms with Crippen LogP contribution in [0.5, 0.6) is 0 Å². The van der Waals surface area contributed by atoms with Crippen LogP contribution in [0.2, 0.25) is 5.02 Å².